The average Bonchev–Trinajstić information content (AvgIpc) is 2.92. The Labute approximate surface area is 229 Å². The number of aromatic hydroxyl groups is 2. The van der Waals surface area contributed by atoms with Crippen LogP contribution in [0.5, 0.6) is 17.2 Å². The number of phenols is 2. The average molecular weight is 560 g/mol. The largest absolute Gasteiger partial charge is 0.507 e. The van der Waals surface area contributed by atoms with Gasteiger partial charge < -0.3 is 50.2 Å². The van der Waals surface area contributed by atoms with Crippen LogP contribution in [0.3, 0.4) is 0 Å². The lowest BCUT2D eigenvalue weighted by Crippen LogP contribution is -2.53. The van der Waals surface area contributed by atoms with Gasteiger partial charge >= 0.3 is 0 Å². The van der Waals surface area contributed by atoms with Crippen LogP contribution in [0.2, 0.25) is 0 Å². The molecular formula is C28H33NO11. The first-order chi connectivity index (χ1) is 19.0. The van der Waals surface area contributed by atoms with E-state index in [1.807, 2.05) is 0 Å². The number of aliphatic hydroxyl groups excluding tert-OH is 2. The number of hydrogen-bond acceptors (Lipinski definition) is 12. The first kappa shape index (κ1) is 28.4. The molecule has 2 aliphatic carbocycles. The van der Waals surface area contributed by atoms with Crippen molar-refractivity contribution in [3.8, 4) is 17.2 Å². The molecule has 0 amide bonds. The molecule has 12 nitrogen and oxygen atoms in total. The van der Waals surface area contributed by atoms with Crippen LogP contribution in [0, 0.1) is 0 Å². The zero-order valence-electron chi connectivity index (χ0n) is 22.3. The Kier molecular flexibility index (Phi) is 7.38. The number of carbonyl (C=O) groups excluding carboxylic acids is 2. The van der Waals surface area contributed by atoms with Crippen LogP contribution in [0.1, 0.15) is 68.8 Å². The smallest absolute Gasteiger partial charge is 0.202 e. The van der Waals surface area contributed by atoms with Gasteiger partial charge in [-0.2, -0.15) is 0 Å². The zero-order valence-corrected chi connectivity index (χ0v) is 22.3. The summed E-state index contributed by atoms with van der Waals surface area (Å²) >= 11 is 0. The summed E-state index contributed by atoms with van der Waals surface area (Å²) in [6, 6.07) is 3.78. The highest BCUT2D eigenvalue weighted by Crippen LogP contribution is 2.53. The van der Waals surface area contributed by atoms with E-state index in [4.69, 9.17) is 24.7 Å². The zero-order chi connectivity index (χ0) is 29.1. The lowest BCUT2D eigenvalue weighted by atomic mass is 9.71. The van der Waals surface area contributed by atoms with E-state index < -0.39 is 83.1 Å². The predicted molar refractivity (Wildman–Crippen MR) is 138 cm³/mol. The molecule has 1 aliphatic heterocycles. The fourth-order valence-electron chi connectivity index (χ4n) is 6.13. The van der Waals surface area contributed by atoms with E-state index in [-0.39, 0.29) is 47.3 Å². The van der Waals surface area contributed by atoms with Crippen molar-refractivity contribution in [2.24, 2.45) is 5.73 Å². The Morgan fingerprint density at radius 1 is 1.12 bits per heavy atom. The molecule has 40 heavy (non-hydrogen) atoms. The van der Waals surface area contributed by atoms with E-state index in [2.05, 4.69) is 0 Å². The highest BCUT2D eigenvalue weighted by atomic mass is 16.7. The third-order valence-corrected chi connectivity index (χ3v) is 8.22. The second kappa shape index (κ2) is 10.4. The van der Waals surface area contributed by atoms with Crippen molar-refractivity contribution in [3.05, 3.63) is 51.6 Å². The normalized spacial score (nSPS) is 30.3. The quantitative estimate of drug-likeness (QED) is 0.228. The lowest BCUT2D eigenvalue weighted by molar-refractivity contribution is -0.252. The molecular weight excluding hydrogens is 526 g/mol. The summed E-state index contributed by atoms with van der Waals surface area (Å²) in [5, 5.41) is 54.8. The molecule has 2 aromatic carbocycles. The van der Waals surface area contributed by atoms with Crippen molar-refractivity contribution >= 4 is 11.6 Å². The van der Waals surface area contributed by atoms with Crippen molar-refractivity contribution in [2.75, 3.05) is 20.8 Å². The Bertz CT molecular complexity index is 1340. The summed E-state index contributed by atoms with van der Waals surface area (Å²) in [4.78, 5) is 27.3. The Balaban J connectivity index is 1.69. The number of rotatable bonds is 6. The van der Waals surface area contributed by atoms with E-state index >= 15 is 0 Å². The molecule has 0 bridgehead atoms. The molecule has 1 saturated heterocycles. The van der Waals surface area contributed by atoms with Crippen molar-refractivity contribution in [1.82, 2.24) is 0 Å². The number of methoxy groups -OCH3 is 2. The van der Waals surface area contributed by atoms with Gasteiger partial charge in [0.25, 0.3) is 0 Å². The van der Waals surface area contributed by atoms with Gasteiger partial charge in [0.15, 0.2) is 12.1 Å². The van der Waals surface area contributed by atoms with Crippen LogP contribution in [-0.4, -0.2) is 94.2 Å². The van der Waals surface area contributed by atoms with Crippen LogP contribution < -0.4 is 10.5 Å². The molecule has 0 spiro atoms. The Morgan fingerprint density at radius 2 is 1.82 bits per heavy atom. The van der Waals surface area contributed by atoms with Gasteiger partial charge in [0, 0.05) is 49.1 Å². The molecule has 7 unspecified atom stereocenters. The molecule has 1 heterocycles. The van der Waals surface area contributed by atoms with Gasteiger partial charge in [0.1, 0.15) is 23.4 Å². The molecule has 1 fully saturated rings. The maximum Gasteiger partial charge on any atom is 0.202 e. The summed E-state index contributed by atoms with van der Waals surface area (Å²) in [6.45, 7) is 1.04. The molecule has 5 rings (SSSR count). The van der Waals surface area contributed by atoms with E-state index in [1.165, 1.54) is 32.4 Å². The SMILES string of the molecule is COc1cccc2c1C(=O)c1c(O)c3c(c(O)c1C2=O)CC(O)(C(CO)OC)CC3OC1CC(N)C(O)C(C)O1. The maximum absolute atomic E-state index is 13.7. The molecule has 7 atom stereocenters. The molecule has 216 valence electrons. The monoisotopic (exact) mass is 559 g/mol. The first-order valence-corrected chi connectivity index (χ1v) is 12.9. The third-order valence-electron chi connectivity index (χ3n) is 8.22. The van der Waals surface area contributed by atoms with Crippen molar-refractivity contribution in [1.29, 1.82) is 0 Å². The van der Waals surface area contributed by atoms with E-state index in [1.54, 1.807) is 6.92 Å². The van der Waals surface area contributed by atoms with Gasteiger partial charge in [0.2, 0.25) is 5.78 Å². The van der Waals surface area contributed by atoms with Crippen LogP contribution in [0.4, 0.5) is 0 Å². The highest BCUT2D eigenvalue weighted by Gasteiger charge is 2.50. The summed E-state index contributed by atoms with van der Waals surface area (Å²) in [7, 11) is 2.64. The summed E-state index contributed by atoms with van der Waals surface area (Å²) < 4.78 is 22.6. The van der Waals surface area contributed by atoms with Gasteiger partial charge in [0.05, 0.1) is 54.3 Å². The minimum atomic E-state index is -1.82. The van der Waals surface area contributed by atoms with Crippen molar-refractivity contribution in [2.45, 2.75) is 68.5 Å². The molecule has 12 heteroatoms. The fourth-order valence-corrected chi connectivity index (χ4v) is 6.13. The number of nitrogens with two attached hydrogens (primary N) is 1. The summed E-state index contributed by atoms with van der Waals surface area (Å²) in [5.74, 6) is -2.49. The molecule has 0 radical (unpaired) electrons. The van der Waals surface area contributed by atoms with Crippen LogP contribution in [0.25, 0.3) is 0 Å². The van der Waals surface area contributed by atoms with Crippen molar-refractivity contribution < 1.29 is 54.1 Å². The standard InChI is InChI=1S/C28H33NO11/c1-11-23(31)14(29)7-18(39-11)40-16-9-28(36,17(10-30)38-3)8-13-20(16)27(35)22-21(25(13)33)24(32)12-5-4-6-15(37-2)19(12)26(22)34/h4-6,11,14,16-18,23,30-31,33,35-36H,7-10,29H2,1-3H3. The van der Waals surface area contributed by atoms with E-state index in [0.717, 1.165) is 0 Å². The van der Waals surface area contributed by atoms with Gasteiger partial charge in [-0.15, -0.1) is 0 Å². The number of benzene rings is 2. The molecule has 0 saturated carbocycles. The summed E-state index contributed by atoms with van der Waals surface area (Å²) in [6.07, 6.45) is -5.43. The highest BCUT2D eigenvalue weighted by molar-refractivity contribution is 6.31. The van der Waals surface area contributed by atoms with Gasteiger partial charge in [-0.25, -0.2) is 0 Å². The Morgan fingerprint density at radius 3 is 2.45 bits per heavy atom. The number of hydrogen-bond donors (Lipinski definition) is 6. The van der Waals surface area contributed by atoms with Crippen LogP contribution >= 0.6 is 0 Å². The predicted octanol–water partition coefficient (Wildman–Crippen LogP) is 0.447. The first-order valence-electron chi connectivity index (χ1n) is 12.9. The van der Waals surface area contributed by atoms with Gasteiger partial charge in [-0.1, -0.05) is 12.1 Å². The number of ketones is 2. The molecule has 7 N–H and O–H groups in total. The van der Waals surface area contributed by atoms with Crippen LogP contribution in [0.15, 0.2) is 18.2 Å². The molecule has 3 aliphatic rings. The minimum Gasteiger partial charge on any atom is -0.507 e. The molecule has 0 aromatic heterocycles. The van der Waals surface area contributed by atoms with Gasteiger partial charge in [-0.05, 0) is 13.0 Å². The Hall–Kier alpha value is -3.10. The maximum atomic E-state index is 13.7. The number of ether oxygens (including phenoxy) is 4. The number of aliphatic hydroxyl groups is 3. The summed E-state index contributed by atoms with van der Waals surface area (Å²) in [5.41, 5.74) is 3.32. The minimum absolute atomic E-state index is 0.00682. The number of phenolic OH excluding ortho intramolecular Hbond substituents is 2. The molecule has 2 aromatic rings. The van der Waals surface area contributed by atoms with E-state index in [9.17, 15) is 35.1 Å². The second-order valence-electron chi connectivity index (χ2n) is 10.6. The lowest BCUT2D eigenvalue weighted by Gasteiger charge is -2.44. The van der Waals surface area contributed by atoms with Crippen molar-refractivity contribution in [3.63, 3.8) is 0 Å². The fraction of sp³-hybridized carbons (Fsp3) is 0.500. The number of fused-ring (bicyclic) bond motifs is 3. The second-order valence-corrected chi connectivity index (χ2v) is 10.6. The van der Waals surface area contributed by atoms with Crippen LogP contribution in [-0.2, 0) is 20.6 Å². The topological polar surface area (TPSA) is 198 Å². The third kappa shape index (κ3) is 4.27. The van der Waals surface area contributed by atoms with E-state index in [0.29, 0.717) is 0 Å². The number of carbonyl (C=O) groups is 2. The van der Waals surface area contributed by atoms with Gasteiger partial charge in [-0.3, -0.25) is 9.59 Å².